The summed E-state index contributed by atoms with van der Waals surface area (Å²) in [5.74, 6) is -2.51. The SMILES string of the molecule is C/C=C(/CC)C(=O)c1cccc(F)c1F. The van der Waals surface area contributed by atoms with E-state index in [1.807, 2.05) is 0 Å². The average Bonchev–Trinajstić information content (AvgIpc) is 2.23. The molecule has 0 amide bonds. The quantitative estimate of drug-likeness (QED) is 0.551. The molecule has 0 saturated heterocycles. The highest BCUT2D eigenvalue weighted by molar-refractivity contribution is 6.08. The molecule has 1 nitrogen and oxygen atoms in total. The molecule has 15 heavy (non-hydrogen) atoms. The van der Waals surface area contributed by atoms with Gasteiger partial charge in [-0.15, -0.1) is 0 Å². The van der Waals surface area contributed by atoms with Crippen molar-refractivity contribution in [2.45, 2.75) is 20.3 Å². The van der Waals surface area contributed by atoms with Crippen LogP contribution in [0.2, 0.25) is 0 Å². The Morgan fingerprint density at radius 2 is 2.07 bits per heavy atom. The zero-order chi connectivity index (χ0) is 11.4. The number of benzene rings is 1. The monoisotopic (exact) mass is 210 g/mol. The second-order valence-corrected chi connectivity index (χ2v) is 3.10. The maximum absolute atomic E-state index is 13.3. The third-order valence-corrected chi connectivity index (χ3v) is 2.22. The predicted molar refractivity (Wildman–Crippen MR) is 54.7 cm³/mol. The lowest BCUT2D eigenvalue weighted by Crippen LogP contribution is -2.06. The highest BCUT2D eigenvalue weighted by Gasteiger charge is 2.16. The fraction of sp³-hybridized carbons (Fsp3) is 0.250. The zero-order valence-electron chi connectivity index (χ0n) is 8.68. The van der Waals surface area contributed by atoms with Crippen LogP contribution in [0.5, 0.6) is 0 Å². The molecule has 0 aliphatic rings. The van der Waals surface area contributed by atoms with Crippen LogP contribution in [-0.2, 0) is 0 Å². The molecule has 80 valence electrons. The number of allylic oxidation sites excluding steroid dienone is 2. The lowest BCUT2D eigenvalue weighted by Gasteiger charge is -2.04. The average molecular weight is 210 g/mol. The van der Waals surface area contributed by atoms with Crippen molar-refractivity contribution >= 4 is 5.78 Å². The Labute approximate surface area is 87.4 Å². The molecule has 0 unspecified atom stereocenters. The van der Waals surface area contributed by atoms with Crippen LogP contribution in [0.15, 0.2) is 29.8 Å². The maximum atomic E-state index is 13.3. The Hall–Kier alpha value is -1.51. The number of rotatable bonds is 3. The minimum absolute atomic E-state index is 0.204. The summed E-state index contributed by atoms with van der Waals surface area (Å²) in [6.45, 7) is 3.50. The summed E-state index contributed by atoms with van der Waals surface area (Å²) in [4.78, 5) is 11.7. The molecule has 1 rings (SSSR count). The number of carbonyl (C=O) groups is 1. The van der Waals surface area contributed by atoms with Crippen molar-refractivity contribution in [1.82, 2.24) is 0 Å². The number of ketones is 1. The second-order valence-electron chi connectivity index (χ2n) is 3.10. The predicted octanol–water partition coefficient (Wildman–Crippen LogP) is 3.50. The number of carbonyl (C=O) groups excluding carboxylic acids is 1. The van der Waals surface area contributed by atoms with Gasteiger partial charge in [-0.1, -0.05) is 19.1 Å². The summed E-state index contributed by atoms with van der Waals surface area (Å²) in [6, 6.07) is 3.61. The van der Waals surface area contributed by atoms with Crippen LogP contribution in [0.1, 0.15) is 30.6 Å². The number of hydrogen-bond donors (Lipinski definition) is 0. The van der Waals surface area contributed by atoms with Gasteiger partial charge in [0.25, 0.3) is 0 Å². The number of Topliss-reactive ketones (excluding diaryl/α,β-unsaturated/α-hetero) is 1. The summed E-state index contributed by atoms with van der Waals surface area (Å²) in [5, 5.41) is 0. The highest BCUT2D eigenvalue weighted by atomic mass is 19.2. The molecule has 0 bridgehead atoms. The number of halogens is 2. The van der Waals surface area contributed by atoms with Crippen molar-refractivity contribution in [3.63, 3.8) is 0 Å². The van der Waals surface area contributed by atoms with Gasteiger partial charge in [0.2, 0.25) is 0 Å². The summed E-state index contributed by atoms with van der Waals surface area (Å²) in [5.41, 5.74) is 0.282. The molecule has 0 spiro atoms. The topological polar surface area (TPSA) is 17.1 Å². The van der Waals surface area contributed by atoms with E-state index in [0.717, 1.165) is 6.07 Å². The third kappa shape index (κ3) is 2.29. The van der Waals surface area contributed by atoms with Crippen LogP contribution in [0.3, 0.4) is 0 Å². The highest BCUT2D eigenvalue weighted by Crippen LogP contribution is 2.17. The van der Waals surface area contributed by atoms with Gasteiger partial charge >= 0.3 is 0 Å². The Balaban J connectivity index is 3.17. The molecule has 3 heteroatoms. The van der Waals surface area contributed by atoms with Gasteiger partial charge in [0, 0.05) is 0 Å². The standard InChI is InChI=1S/C12H12F2O/c1-3-8(4-2)12(15)9-6-5-7-10(13)11(9)14/h3,5-7H,4H2,1-2H3/b8-3-. The van der Waals surface area contributed by atoms with E-state index in [1.54, 1.807) is 19.9 Å². The third-order valence-electron chi connectivity index (χ3n) is 2.22. The van der Waals surface area contributed by atoms with Gasteiger partial charge in [-0.3, -0.25) is 4.79 Å². The molecular formula is C12H12F2O. The lowest BCUT2D eigenvalue weighted by atomic mass is 10.0. The first-order chi connectivity index (χ1) is 7.11. The van der Waals surface area contributed by atoms with E-state index in [1.165, 1.54) is 12.1 Å². The Morgan fingerprint density at radius 1 is 1.40 bits per heavy atom. The van der Waals surface area contributed by atoms with Crippen LogP contribution in [0.4, 0.5) is 8.78 Å². The van der Waals surface area contributed by atoms with E-state index < -0.39 is 17.4 Å². The van der Waals surface area contributed by atoms with Crippen LogP contribution >= 0.6 is 0 Å². The normalized spacial score (nSPS) is 11.6. The summed E-state index contributed by atoms with van der Waals surface area (Å²) in [6.07, 6.45) is 2.12. The van der Waals surface area contributed by atoms with Gasteiger partial charge in [-0.05, 0) is 31.1 Å². The maximum Gasteiger partial charge on any atom is 0.191 e. The molecule has 0 aliphatic heterocycles. The molecule has 0 atom stereocenters. The minimum atomic E-state index is -1.07. The van der Waals surface area contributed by atoms with Gasteiger partial charge < -0.3 is 0 Å². The molecular weight excluding hydrogens is 198 g/mol. The molecule has 0 heterocycles. The summed E-state index contributed by atoms with van der Waals surface area (Å²) >= 11 is 0. The molecule has 0 aromatic heterocycles. The van der Waals surface area contributed by atoms with E-state index in [4.69, 9.17) is 0 Å². The number of hydrogen-bond acceptors (Lipinski definition) is 1. The van der Waals surface area contributed by atoms with Crippen molar-refractivity contribution in [2.24, 2.45) is 0 Å². The molecule has 0 fully saturated rings. The van der Waals surface area contributed by atoms with Crippen LogP contribution in [0.25, 0.3) is 0 Å². The van der Waals surface area contributed by atoms with Gasteiger partial charge in [-0.2, -0.15) is 0 Å². The van der Waals surface area contributed by atoms with E-state index in [9.17, 15) is 13.6 Å². The first kappa shape index (κ1) is 11.6. The lowest BCUT2D eigenvalue weighted by molar-refractivity contribution is 0.102. The van der Waals surface area contributed by atoms with Crippen LogP contribution in [-0.4, -0.2) is 5.78 Å². The van der Waals surface area contributed by atoms with E-state index >= 15 is 0 Å². The Kier molecular flexibility index (Phi) is 3.72. The smallest absolute Gasteiger partial charge is 0.191 e. The van der Waals surface area contributed by atoms with Crippen LogP contribution in [0, 0.1) is 11.6 Å². The van der Waals surface area contributed by atoms with Crippen molar-refractivity contribution in [1.29, 1.82) is 0 Å². The molecule has 0 aliphatic carbocycles. The first-order valence-electron chi connectivity index (χ1n) is 4.75. The molecule has 1 aromatic carbocycles. The van der Waals surface area contributed by atoms with E-state index in [0.29, 0.717) is 12.0 Å². The zero-order valence-corrected chi connectivity index (χ0v) is 8.68. The van der Waals surface area contributed by atoms with Gasteiger partial charge in [0.1, 0.15) is 0 Å². The van der Waals surface area contributed by atoms with E-state index in [2.05, 4.69) is 0 Å². The first-order valence-corrected chi connectivity index (χ1v) is 4.75. The van der Waals surface area contributed by atoms with Gasteiger partial charge in [0.15, 0.2) is 17.4 Å². The molecule has 0 N–H and O–H groups in total. The molecule has 0 saturated carbocycles. The molecule has 0 radical (unpaired) electrons. The minimum Gasteiger partial charge on any atom is -0.289 e. The fourth-order valence-corrected chi connectivity index (χ4v) is 1.35. The second kappa shape index (κ2) is 4.82. The van der Waals surface area contributed by atoms with Crippen molar-refractivity contribution in [3.05, 3.63) is 47.0 Å². The summed E-state index contributed by atoms with van der Waals surface area (Å²) in [7, 11) is 0. The van der Waals surface area contributed by atoms with Crippen molar-refractivity contribution < 1.29 is 13.6 Å². The largest absolute Gasteiger partial charge is 0.289 e. The van der Waals surface area contributed by atoms with E-state index in [-0.39, 0.29) is 5.56 Å². The molecule has 1 aromatic rings. The van der Waals surface area contributed by atoms with Gasteiger partial charge in [-0.25, -0.2) is 8.78 Å². The Bertz CT molecular complexity index is 408. The fourth-order valence-electron chi connectivity index (χ4n) is 1.35. The van der Waals surface area contributed by atoms with Crippen molar-refractivity contribution in [2.75, 3.05) is 0 Å². The van der Waals surface area contributed by atoms with Crippen molar-refractivity contribution in [3.8, 4) is 0 Å². The van der Waals surface area contributed by atoms with Crippen LogP contribution < -0.4 is 0 Å². The Morgan fingerprint density at radius 3 is 2.60 bits per heavy atom. The van der Waals surface area contributed by atoms with Gasteiger partial charge in [0.05, 0.1) is 5.56 Å². The summed E-state index contributed by atoms with van der Waals surface area (Å²) < 4.78 is 26.1.